The van der Waals surface area contributed by atoms with E-state index in [2.05, 4.69) is 4.98 Å². The van der Waals surface area contributed by atoms with Crippen LogP contribution in [-0.2, 0) is 0 Å². The van der Waals surface area contributed by atoms with E-state index in [1.54, 1.807) is 24.5 Å². The van der Waals surface area contributed by atoms with Gasteiger partial charge >= 0.3 is 5.97 Å². The molecule has 7 heteroatoms. The van der Waals surface area contributed by atoms with Gasteiger partial charge in [0.1, 0.15) is 5.75 Å². The number of carboxylic acid groups (broad SMARTS) is 1. The van der Waals surface area contributed by atoms with E-state index >= 15 is 0 Å². The van der Waals surface area contributed by atoms with E-state index in [-0.39, 0.29) is 5.56 Å². The van der Waals surface area contributed by atoms with Gasteiger partial charge in [-0.15, -0.1) is 0 Å². The van der Waals surface area contributed by atoms with Crippen LogP contribution in [0.4, 0.5) is 5.69 Å². The largest absolute Gasteiger partial charge is 0.495 e. The van der Waals surface area contributed by atoms with Crippen LogP contribution in [0.1, 0.15) is 21.5 Å². The lowest BCUT2D eigenvalue weighted by molar-refractivity contribution is 0.0697. The number of carbonyl (C=O) groups is 1. The molecule has 120 valence electrons. The van der Waals surface area contributed by atoms with E-state index in [0.29, 0.717) is 22.7 Å². The van der Waals surface area contributed by atoms with Crippen LogP contribution in [0.15, 0.2) is 42.9 Å². The highest BCUT2D eigenvalue weighted by Crippen LogP contribution is 2.22. The average Bonchev–Trinajstić information content (AvgIpc) is 2.54. The van der Waals surface area contributed by atoms with Gasteiger partial charge in [0.05, 0.1) is 30.3 Å². The third-order valence-corrected chi connectivity index (χ3v) is 3.29. The van der Waals surface area contributed by atoms with Crippen molar-refractivity contribution in [2.45, 2.75) is 6.92 Å². The number of nitrogens with zero attached hydrogens (tertiary/aromatic N) is 2. The highest BCUT2D eigenvalue weighted by Gasteiger charge is 2.10. The van der Waals surface area contributed by atoms with Crippen molar-refractivity contribution in [1.82, 2.24) is 4.98 Å². The second-order valence-electron chi connectivity index (χ2n) is 4.91. The Morgan fingerprint density at radius 1 is 1.30 bits per heavy atom. The lowest BCUT2D eigenvalue weighted by atomic mass is 10.1. The fourth-order valence-corrected chi connectivity index (χ4v) is 2.00. The topological polar surface area (TPSA) is 115 Å². The van der Waals surface area contributed by atoms with Gasteiger partial charge in [-0.1, -0.05) is 6.07 Å². The summed E-state index contributed by atoms with van der Waals surface area (Å²) in [6.07, 6.45) is 4.66. The minimum Gasteiger partial charge on any atom is -0.495 e. The number of pyridine rings is 1. The molecule has 23 heavy (non-hydrogen) atoms. The van der Waals surface area contributed by atoms with Crippen LogP contribution < -0.4 is 21.3 Å². The van der Waals surface area contributed by atoms with Crippen molar-refractivity contribution in [3.05, 3.63) is 59.5 Å². The predicted molar refractivity (Wildman–Crippen MR) is 87.8 cm³/mol. The number of hydrogen-bond donors (Lipinski definition) is 3. The fraction of sp³-hybridized carbons (Fsp3) is 0.125. The first-order valence-electron chi connectivity index (χ1n) is 6.77. The summed E-state index contributed by atoms with van der Waals surface area (Å²) in [5.74, 6) is 5.56. The summed E-state index contributed by atoms with van der Waals surface area (Å²) < 4.78 is 5.10. The molecule has 0 radical (unpaired) electrons. The van der Waals surface area contributed by atoms with E-state index < -0.39 is 5.97 Å². The highest BCUT2D eigenvalue weighted by molar-refractivity contribution is 5.89. The Balaban J connectivity index is 2.34. The van der Waals surface area contributed by atoms with Gasteiger partial charge in [-0.05, 0) is 30.7 Å². The third-order valence-electron chi connectivity index (χ3n) is 3.29. The number of aromatic nitrogens is 1. The van der Waals surface area contributed by atoms with Crippen molar-refractivity contribution in [1.29, 1.82) is 0 Å². The van der Waals surface area contributed by atoms with Crippen LogP contribution in [0.2, 0.25) is 0 Å². The molecule has 0 saturated heterocycles. The zero-order chi connectivity index (χ0) is 17.0. The number of rotatable bonds is 5. The van der Waals surface area contributed by atoms with Crippen LogP contribution in [0.5, 0.6) is 5.75 Å². The second-order valence-corrected chi connectivity index (χ2v) is 4.91. The van der Waals surface area contributed by atoms with Crippen LogP contribution in [0.25, 0.3) is 5.70 Å². The number of aromatic carboxylic acids is 1. The quantitative estimate of drug-likeness (QED) is 0.568. The molecule has 0 fully saturated rings. The van der Waals surface area contributed by atoms with E-state index in [0.717, 1.165) is 5.56 Å². The van der Waals surface area contributed by atoms with Crippen LogP contribution in [0.3, 0.4) is 0 Å². The number of methoxy groups -OCH3 is 1. The lowest BCUT2D eigenvalue weighted by Gasteiger charge is -2.18. The Morgan fingerprint density at radius 3 is 2.70 bits per heavy atom. The van der Waals surface area contributed by atoms with Crippen molar-refractivity contribution >= 4 is 17.4 Å². The number of hydrazine groups is 1. The molecule has 0 aliphatic carbocycles. The predicted octanol–water partition coefficient (Wildman–Crippen LogP) is 1.73. The Hall–Kier alpha value is -3.06. The van der Waals surface area contributed by atoms with Crippen molar-refractivity contribution < 1.29 is 14.6 Å². The third kappa shape index (κ3) is 3.78. The molecule has 1 aromatic carbocycles. The first-order valence-corrected chi connectivity index (χ1v) is 6.77. The molecule has 5 N–H and O–H groups in total. The van der Waals surface area contributed by atoms with Gasteiger partial charge in [0.2, 0.25) is 0 Å². The maximum absolute atomic E-state index is 11.1. The summed E-state index contributed by atoms with van der Waals surface area (Å²) >= 11 is 0. The van der Waals surface area contributed by atoms with Crippen molar-refractivity contribution in [2.75, 3.05) is 12.1 Å². The van der Waals surface area contributed by atoms with Crippen molar-refractivity contribution in [2.24, 2.45) is 11.6 Å². The normalized spacial score (nSPS) is 11.2. The molecule has 0 aliphatic rings. The number of nitrogens with two attached hydrogens (primary N) is 2. The number of hydrogen-bond acceptors (Lipinski definition) is 6. The summed E-state index contributed by atoms with van der Waals surface area (Å²) in [7, 11) is 1.54. The summed E-state index contributed by atoms with van der Waals surface area (Å²) in [6.45, 7) is 1.83. The summed E-state index contributed by atoms with van der Waals surface area (Å²) in [5, 5.41) is 10.4. The van der Waals surface area contributed by atoms with Crippen molar-refractivity contribution in [3.63, 3.8) is 0 Å². The van der Waals surface area contributed by atoms with Gasteiger partial charge < -0.3 is 15.6 Å². The molecule has 2 rings (SSSR count). The molecule has 1 aromatic heterocycles. The molecule has 0 aliphatic heterocycles. The Kier molecular flexibility index (Phi) is 4.82. The first-order chi connectivity index (χ1) is 10.9. The van der Waals surface area contributed by atoms with Crippen LogP contribution >= 0.6 is 0 Å². The maximum Gasteiger partial charge on any atom is 0.335 e. The van der Waals surface area contributed by atoms with E-state index in [1.807, 2.05) is 6.92 Å². The SMILES string of the molecule is COc1cncc(/C(N)=C/N(N)c2cc(C(=O)O)ccc2C)c1. The van der Waals surface area contributed by atoms with Crippen LogP contribution in [0, 0.1) is 6.92 Å². The summed E-state index contributed by atoms with van der Waals surface area (Å²) in [5.41, 5.74) is 8.57. The van der Waals surface area contributed by atoms with Gasteiger partial charge in [-0.25, -0.2) is 10.6 Å². The Morgan fingerprint density at radius 2 is 2.04 bits per heavy atom. The highest BCUT2D eigenvalue weighted by atomic mass is 16.5. The number of aryl methyl sites for hydroxylation is 1. The fourth-order valence-electron chi connectivity index (χ4n) is 2.00. The summed E-state index contributed by atoms with van der Waals surface area (Å²) in [4.78, 5) is 15.1. The van der Waals surface area contributed by atoms with Gasteiger partial charge in [0.15, 0.2) is 0 Å². The molecule has 0 saturated carbocycles. The molecule has 7 nitrogen and oxygen atoms in total. The summed E-state index contributed by atoms with van der Waals surface area (Å²) in [6, 6.07) is 6.43. The second kappa shape index (κ2) is 6.80. The monoisotopic (exact) mass is 314 g/mol. The molecule has 0 amide bonds. The lowest BCUT2D eigenvalue weighted by Crippen LogP contribution is -2.26. The van der Waals surface area contributed by atoms with E-state index in [9.17, 15) is 4.79 Å². The number of benzene rings is 1. The first kappa shape index (κ1) is 16.3. The zero-order valence-electron chi connectivity index (χ0n) is 12.9. The maximum atomic E-state index is 11.1. The Labute approximate surface area is 133 Å². The molecule has 0 atom stereocenters. The van der Waals surface area contributed by atoms with Gasteiger partial charge in [-0.2, -0.15) is 0 Å². The number of ether oxygens (including phenoxy) is 1. The van der Waals surface area contributed by atoms with Crippen LogP contribution in [-0.4, -0.2) is 23.2 Å². The number of carboxylic acids is 1. The minimum atomic E-state index is -1.02. The Bertz CT molecular complexity index is 759. The molecule has 0 unspecified atom stereocenters. The number of anilines is 1. The van der Waals surface area contributed by atoms with Crippen molar-refractivity contribution in [3.8, 4) is 5.75 Å². The van der Waals surface area contributed by atoms with Gasteiger partial charge in [0.25, 0.3) is 0 Å². The molecule has 0 bridgehead atoms. The van der Waals surface area contributed by atoms with E-state index in [4.69, 9.17) is 21.4 Å². The average molecular weight is 314 g/mol. The molecule has 0 spiro atoms. The molecule has 1 heterocycles. The molecule has 2 aromatic rings. The smallest absolute Gasteiger partial charge is 0.335 e. The van der Waals surface area contributed by atoms with Gasteiger partial charge in [-0.3, -0.25) is 9.99 Å². The minimum absolute atomic E-state index is 0.149. The molecular formula is C16H18N4O3. The van der Waals surface area contributed by atoms with Gasteiger partial charge in [0, 0.05) is 18.0 Å². The standard InChI is InChI=1S/C16H18N4O3/c1-10-3-4-11(16(21)22)6-15(10)20(18)9-14(17)12-5-13(23-2)8-19-7-12/h3-9H,17-18H2,1-2H3,(H,21,22)/b14-9-. The molecular weight excluding hydrogens is 296 g/mol. The van der Waals surface area contributed by atoms with E-state index in [1.165, 1.54) is 30.5 Å². The zero-order valence-corrected chi connectivity index (χ0v) is 12.9.